The lowest BCUT2D eigenvalue weighted by Gasteiger charge is -2.29. The van der Waals surface area contributed by atoms with E-state index in [0.29, 0.717) is 18.1 Å². The standard InChI is InChI=1S/C21H26ClN3O/c1-17-6-2-3-8-19(17)15-24-10-12-25(13-11-24)16-21(26)23-14-18-7-4-5-9-20(18)22/h2-9H,10-16H2,1H3,(H,23,26)/p+2. The van der Waals surface area contributed by atoms with Crippen molar-refractivity contribution in [1.82, 2.24) is 5.32 Å². The van der Waals surface area contributed by atoms with Crippen molar-refractivity contribution in [3.05, 3.63) is 70.2 Å². The lowest BCUT2D eigenvalue weighted by atomic mass is 10.1. The zero-order chi connectivity index (χ0) is 18.4. The molecule has 0 unspecified atom stereocenters. The first kappa shape index (κ1) is 18.9. The molecule has 1 aliphatic rings. The van der Waals surface area contributed by atoms with Gasteiger partial charge in [0.05, 0.1) is 0 Å². The van der Waals surface area contributed by atoms with E-state index < -0.39 is 0 Å². The summed E-state index contributed by atoms with van der Waals surface area (Å²) in [7, 11) is 0. The molecule has 26 heavy (non-hydrogen) atoms. The fourth-order valence-electron chi connectivity index (χ4n) is 3.51. The summed E-state index contributed by atoms with van der Waals surface area (Å²) in [6.45, 7) is 8.61. The monoisotopic (exact) mass is 373 g/mol. The lowest BCUT2D eigenvalue weighted by Crippen LogP contribution is -3.28. The molecule has 0 saturated carbocycles. The Kier molecular flexibility index (Phi) is 6.67. The van der Waals surface area contributed by atoms with Gasteiger partial charge in [0.25, 0.3) is 5.91 Å². The zero-order valence-electron chi connectivity index (χ0n) is 15.4. The molecule has 1 saturated heterocycles. The Balaban J connectivity index is 1.40. The Hall–Kier alpha value is -1.88. The molecule has 1 heterocycles. The van der Waals surface area contributed by atoms with Crippen LogP contribution in [0.4, 0.5) is 0 Å². The van der Waals surface area contributed by atoms with Gasteiger partial charge in [-0.05, 0) is 24.1 Å². The number of carbonyl (C=O) groups excluding carboxylic acids is 1. The Bertz CT molecular complexity index is 742. The summed E-state index contributed by atoms with van der Waals surface area (Å²) in [5.74, 6) is 0.0993. The number of halogens is 1. The quantitative estimate of drug-likeness (QED) is 0.667. The van der Waals surface area contributed by atoms with Gasteiger partial charge in [0, 0.05) is 17.1 Å². The smallest absolute Gasteiger partial charge is 0.275 e. The van der Waals surface area contributed by atoms with Crippen LogP contribution in [-0.4, -0.2) is 38.6 Å². The molecule has 0 bridgehead atoms. The third kappa shape index (κ3) is 5.31. The Morgan fingerprint density at radius 2 is 1.58 bits per heavy atom. The van der Waals surface area contributed by atoms with E-state index >= 15 is 0 Å². The highest BCUT2D eigenvalue weighted by Gasteiger charge is 2.25. The fraction of sp³-hybridized carbons (Fsp3) is 0.381. The molecule has 0 aromatic heterocycles. The van der Waals surface area contributed by atoms with Crippen LogP contribution in [-0.2, 0) is 17.9 Å². The van der Waals surface area contributed by atoms with E-state index in [0.717, 1.165) is 38.3 Å². The average Bonchev–Trinajstić information content (AvgIpc) is 2.64. The van der Waals surface area contributed by atoms with Crippen molar-refractivity contribution in [3.63, 3.8) is 0 Å². The highest BCUT2D eigenvalue weighted by atomic mass is 35.5. The maximum atomic E-state index is 12.2. The molecule has 0 spiro atoms. The van der Waals surface area contributed by atoms with Crippen LogP contribution < -0.4 is 15.1 Å². The van der Waals surface area contributed by atoms with Crippen LogP contribution in [0, 0.1) is 6.92 Å². The van der Waals surface area contributed by atoms with Gasteiger partial charge in [-0.2, -0.15) is 0 Å². The van der Waals surface area contributed by atoms with Crippen molar-refractivity contribution in [3.8, 4) is 0 Å². The Morgan fingerprint density at radius 3 is 2.27 bits per heavy atom. The Labute approximate surface area is 160 Å². The van der Waals surface area contributed by atoms with Gasteiger partial charge in [-0.15, -0.1) is 0 Å². The van der Waals surface area contributed by atoms with Gasteiger partial charge in [0.2, 0.25) is 0 Å². The third-order valence-electron chi connectivity index (χ3n) is 5.21. The summed E-state index contributed by atoms with van der Waals surface area (Å²) in [4.78, 5) is 15.2. The number of quaternary nitrogens is 2. The van der Waals surface area contributed by atoms with Gasteiger partial charge < -0.3 is 15.1 Å². The number of rotatable bonds is 6. The minimum Gasteiger partial charge on any atom is -0.347 e. The molecule has 4 nitrogen and oxygen atoms in total. The number of hydrogen-bond donors (Lipinski definition) is 3. The van der Waals surface area contributed by atoms with Gasteiger partial charge in [0.1, 0.15) is 32.7 Å². The number of nitrogens with one attached hydrogen (secondary N) is 3. The summed E-state index contributed by atoms with van der Waals surface area (Å²) < 4.78 is 0. The number of piperazine rings is 1. The normalized spacial score (nSPS) is 19.9. The molecule has 3 rings (SSSR count). The second kappa shape index (κ2) is 9.17. The highest BCUT2D eigenvalue weighted by Crippen LogP contribution is 2.14. The second-order valence-electron chi connectivity index (χ2n) is 7.15. The molecule has 1 fully saturated rings. The predicted octanol–water partition coefficient (Wildman–Crippen LogP) is 0.248. The molecule has 1 amide bonds. The fourth-order valence-corrected chi connectivity index (χ4v) is 3.72. The molecule has 0 aliphatic carbocycles. The van der Waals surface area contributed by atoms with E-state index in [2.05, 4.69) is 36.5 Å². The van der Waals surface area contributed by atoms with Crippen LogP contribution in [0.25, 0.3) is 0 Å². The molecule has 0 atom stereocenters. The Morgan fingerprint density at radius 1 is 0.962 bits per heavy atom. The van der Waals surface area contributed by atoms with Crippen molar-refractivity contribution in [2.45, 2.75) is 20.0 Å². The van der Waals surface area contributed by atoms with E-state index in [9.17, 15) is 4.79 Å². The van der Waals surface area contributed by atoms with Crippen LogP contribution in [0.1, 0.15) is 16.7 Å². The summed E-state index contributed by atoms with van der Waals surface area (Å²) in [5, 5.41) is 3.70. The van der Waals surface area contributed by atoms with Gasteiger partial charge in [-0.25, -0.2) is 0 Å². The van der Waals surface area contributed by atoms with Crippen molar-refractivity contribution >= 4 is 17.5 Å². The molecule has 2 aromatic carbocycles. The molecule has 138 valence electrons. The topological polar surface area (TPSA) is 38.0 Å². The molecule has 0 radical (unpaired) electrons. The molecule has 5 heteroatoms. The van der Waals surface area contributed by atoms with Crippen LogP contribution in [0.3, 0.4) is 0 Å². The molecule has 1 aliphatic heterocycles. The van der Waals surface area contributed by atoms with E-state index in [1.165, 1.54) is 16.0 Å². The van der Waals surface area contributed by atoms with Gasteiger partial charge in [0.15, 0.2) is 6.54 Å². The van der Waals surface area contributed by atoms with Gasteiger partial charge >= 0.3 is 0 Å². The minimum atomic E-state index is 0.0993. The van der Waals surface area contributed by atoms with Crippen LogP contribution >= 0.6 is 11.6 Å². The lowest BCUT2D eigenvalue weighted by molar-refractivity contribution is -1.02. The number of hydrogen-bond acceptors (Lipinski definition) is 1. The first-order chi connectivity index (χ1) is 12.6. The van der Waals surface area contributed by atoms with Crippen molar-refractivity contribution in [2.24, 2.45) is 0 Å². The maximum Gasteiger partial charge on any atom is 0.275 e. The van der Waals surface area contributed by atoms with Crippen molar-refractivity contribution < 1.29 is 14.6 Å². The van der Waals surface area contributed by atoms with E-state index in [1.807, 2.05) is 24.3 Å². The van der Waals surface area contributed by atoms with E-state index in [1.54, 1.807) is 4.90 Å². The van der Waals surface area contributed by atoms with E-state index in [4.69, 9.17) is 11.6 Å². The van der Waals surface area contributed by atoms with Gasteiger partial charge in [-0.1, -0.05) is 54.1 Å². The van der Waals surface area contributed by atoms with Crippen LogP contribution in [0.15, 0.2) is 48.5 Å². The second-order valence-corrected chi connectivity index (χ2v) is 7.56. The number of carbonyl (C=O) groups is 1. The average molecular weight is 374 g/mol. The summed E-state index contributed by atoms with van der Waals surface area (Å²) in [6, 6.07) is 16.3. The molecular weight excluding hydrogens is 346 g/mol. The number of benzene rings is 2. The van der Waals surface area contributed by atoms with Gasteiger partial charge in [-0.3, -0.25) is 4.79 Å². The molecular formula is C21H28ClN3O+2. The van der Waals surface area contributed by atoms with Crippen molar-refractivity contribution in [2.75, 3.05) is 32.7 Å². The molecule has 2 aromatic rings. The van der Waals surface area contributed by atoms with Crippen molar-refractivity contribution in [1.29, 1.82) is 0 Å². The molecule has 3 N–H and O–H groups in total. The predicted molar refractivity (Wildman–Crippen MR) is 104 cm³/mol. The number of aryl methyl sites for hydroxylation is 1. The highest BCUT2D eigenvalue weighted by molar-refractivity contribution is 6.31. The largest absolute Gasteiger partial charge is 0.347 e. The van der Waals surface area contributed by atoms with Crippen LogP contribution in [0.2, 0.25) is 5.02 Å². The maximum absolute atomic E-state index is 12.2. The summed E-state index contributed by atoms with van der Waals surface area (Å²) in [6.07, 6.45) is 0. The first-order valence-electron chi connectivity index (χ1n) is 9.33. The van der Waals surface area contributed by atoms with Crippen LogP contribution in [0.5, 0.6) is 0 Å². The minimum absolute atomic E-state index is 0.0993. The third-order valence-corrected chi connectivity index (χ3v) is 5.58. The number of amides is 1. The summed E-state index contributed by atoms with van der Waals surface area (Å²) >= 11 is 6.13. The van der Waals surface area contributed by atoms with E-state index in [-0.39, 0.29) is 5.91 Å². The summed E-state index contributed by atoms with van der Waals surface area (Å²) in [5.41, 5.74) is 3.77. The SMILES string of the molecule is Cc1ccccc1C[NH+]1CC[NH+](CC(=O)NCc2ccccc2Cl)CC1. The first-order valence-corrected chi connectivity index (χ1v) is 9.71. The zero-order valence-corrected chi connectivity index (χ0v) is 16.1.